The third kappa shape index (κ3) is 4.27. The predicted molar refractivity (Wildman–Crippen MR) is 99.2 cm³/mol. The molecular formula is C19H28N3O5+. The number of anilines is 1. The maximum Gasteiger partial charge on any atom is 0.279 e. The normalized spacial score (nSPS) is 24.4. The van der Waals surface area contributed by atoms with Gasteiger partial charge >= 0.3 is 0 Å². The molecule has 0 unspecified atom stereocenters. The van der Waals surface area contributed by atoms with Gasteiger partial charge in [-0.1, -0.05) is 6.42 Å². The van der Waals surface area contributed by atoms with Gasteiger partial charge in [-0.05, 0) is 12.8 Å². The first-order valence-corrected chi connectivity index (χ1v) is 9.31. The number of piperazine rings is 1. The number of methoxy groups -OCH3 is 3. The van der Waals surface area contributed by atoms with Gasteiger partial charge < -0.3 is 30.2 Å². The highest BCUT2D eigenvalue weighted by molar-refractivity contribution is 5.95. The van der Waals surface area contributed by atoms with E-state index in [4.69, 9.17) is 14.2 Å². The number of amides is 2. The van der Waals surface area contributed by atoms with Crippen molar-refractivity contribution in [3.8, 4) is 17.2 Å². The van der Waals surface area contributed by atoms with Crippen LogP contribution in [0, 0.1) is 0 Å². The third-order valence-electron chi connectivity index (χ3n) is 5.32. The van der Waals surface area contributed by atoms with E-state index in [-0.39, 0.29) is 24.3 Å². The average Bonchev–Trinajstić information content (AvgIpc) is 2.67. The van der Waals surface area contributed by atoms with Gasteiger partial charge in [0.2, 0.25) is 11.7 Å². The van der Waals surface area contributed by atoms with Crippen molar-refractivity contribution in [2.24, 2.45) is 0 Å². The minimum Gasteiger partial charge on any atom is -0.493 e. The third-order valence-corrected chi connectivity index (χ3v) is 5.32. The van der Waals surface area contributed by atoms with Gasteiger partial charge in [-0.25, -0.2) is 0 Å². The minimum absolute atomic E-state index is 0.0572. The number of carbonyl (C=O) groups is 2. The number of quaternary nitrogens is 1. The molecule has 2 fully saturated rings. The van der Waals surface area contributed by atoms with Crippen LogP contribution in [0.3, 0.4) is 0 Å². The van der Waals surface area contributed by atoms with E-state index in [0.717, 1.165) is 19.3 Å². The molecule has 1 aromatic carbocycles. The molecule has 148 valence electrons. The Morgan fingerprint density at radius 3 is 2.44 bits per heavy atom. The van der Waals surface area contributed by atoms with Crippen LogP contribution >= 0.6 is 0 Å². The topological polar surface area (TPSA) is 102 Å². The monoisotopic (exact) mass is 378 g/mol. The van der Waals surface area contributed by atoms with E-state index in [9.17, 15) is 9.59 Å². The standard InChI is InChI=1S/C19H27N3O5/c1-25-15-8-11(9-16(26-2)18(15)27-3)20-17(23)10-14-19(24)22-13-7-5-4-6-12(13)21-14/h8-9,12-14,21H,4-7,10H2,1-3H3,(H,20,23)(H,22,24)/p+1/t12-,13+,14+/m1/s1. The van der Waals surface area contributed by atoms with Crippen LogP contribution in [0.4, 0.5) is 5.69 Å². The molecule has 1 aliphatic carbocycles. The van der Waals surface area contributed by atoms with E-state index in [0.29, 0.717) is 29.0 Å². The fourth-order valence-electron chi connectivity index (χ4n) is 3.97. The number of ether oxygens (including phenoxy) is 3. The van der Waals surface area contributed by atoms with E-state index < -0.39 is 6.04 Å². The Balaban J connectivity index is 1.66. The van der Waals surface area contributed by atoms with Crippen molar-refractivity contribution in [3.63, 3.8) is 0 Å². The summed E-state index contributed by atoms with van der Waals surface area (Å²) in [6.45, 7) is 0. The summed E-state index contributed by atoms with van der Waals surface area (Å²) < 4.78 is 15.9. The summed E-state index contributed by atoms with van der Waals surface area (Å²) in [5.74, 6) is 1.09. The van der Waals surface area contributed by atoms with Gasteiger partial charge in [-0.3, -0.25) is 9.59 Å². The molecule has 8 nitrogen and oxygen atoms in total. The second kappa shape index (κ2) is 8.47. The first-order valence-electron chi connectivity index (χ1n) is 9.31. The lowest BCUT2D eigenvalue weighted by atomic mass is 9.87. The molecule has 1 saturated heterocycles. The molecule has 3 atom stereocenters. The molecule has 8 heteroatoms. The molecule has 0 aromatic heterocycles. The average molecular weight is 378 g/mol. The van der Waals surface area contributed by atoms with Crippen molar-refractivity contribution in [2.75, 3.05) is 26.6 Å². The molecule has 1 saturated carbocycles. The number of rotatable bonds is 6. The van der Waals surface area contributed by atoms with Crippen LogP contribution in [0.5, 0.6) is 17.2 Å². The molecule has 1 aliphatic heterocycles. The van der Waals surface area contributed by atoms with Crippen LogP contribution in [-0.2, 0) is 9.59 Å². The zero-order valence-corrected chi connectivity index (χ0v) is 16.0. The highest BCUT2D eigenvalue weighted by Crippen LogP contribution is 2.39. The maximum atomic E-state index is 12.5. The van der Waals surface area contributed by atoms with Crippen molar-refractivity contribution in [1.29, 1.82) is 0 Å². The van der Waals surface area contributed by atoms with E-state index >= 15 is 0 Å². The molecule has 1 aromatic rings. The molecule has 3 rings (SSSR count). The molecule has 1 heterocycles. The summed E-state index contributed by atoms with van der Waals surface area (Å²) in [7, 11) is 4.56. The smallest absolute Gasteiger partial charge is 0.279 e. The zero-order chi connectivity index (χ0) is 19.4. The van der Waals surface area contributed by atoms with Crippen LogP contribution in [0.25, 0.3) is 0 Å². The van der Waals surface area contributed by atoms with Crippen molar-refractivity contribution >= 4 is 17.5 Å². The van der Waals surface area contributed by atoms with Crippen LogP contribution < -0.4 is 30.2 Å². The van der Waals surface area contributed by atoms with Gasteiger partial charge in [0, 0.05) is 24.2 Å². The van der Waals surface area contributed by atoms with E-state index in [1.807, 2.05) is 0 Å². The Morgan fingerprint density at radius 1 is 1.15 bits per heavy atom. The lowest BCUT2D eigenvalue weighted by Gasteiger charge is -2.37. The quantitative estimate of drug-likeness (QED) is 0.666. The highest BCUT2D eigenvalue weighted by Gasteiger charge is 2.40. The fourth-order valence-corrected chi connectivity index (χ4v) is 3.97. The largest absolute Gasteiger partial charge is 0.493 e. The van der Waals surface area contributed by atoms with E-state index in [1.165, 1.54) is 27.8 Å². The summed E-state index contributed by atoms with van der Waals surface area (Å²) in [6, 6.07) is 3.55. The van der Waals surface area contributed by atoms with Gasteiger partial charge in [-0.15, -0.1) is 0 Å². The van der Waals surface area contributed by atoms with Crippen molar-refractivity contribution < 1.29 is 29.1 Å². The fraction of sp³-hybridized carbons (Fsp3) is 0.579. The Labute approximate surface area is 158 Å². The number of carbonyl (C=O) groups excluding carboxylic acids is 2. The lowest BCUT2D eigenvalue weighted by Crippen LogP contribution is -3.03. The number of hydrogen-bond donors (Lipinski definition) is 3. The summed E-state index contributed by atoms with van der Waals surface area (Å²) in [5, 5.41) is 7.98. The minimum atomic E-state index is -0.397. The van der Waals surface area contributed by atoms with Crippen LogP contribution in [0.2, 0.25) is 0 Å². The predicted octanol–water partition coefficient (Wildman–Crippen LogP) is 0.414. The number of fused-ring (bicyclic) bond motifs is 1. The Hall–Kier alpha value is -2.48. The van der Waals surface area contributed by atoms with Gasteiger partial charge in [0.05, 0.1) is 33.8 Å². The Kier molecular flexibility index (Phi) is 6.05. The van der Waals surface area contributed by atoms with E-state index in [1.54, 1.807) is 12.1 Å². The lowest BCUT2D eigenvalue weighted by molar-refractivity contribution is -0.718. The van der Waals surface area contributed by atoms with Crippen molar-refractivity contribution in [3.05, 3.63) is 12.1 Å². The molecular weight excluding hydrogens is 350 g/mol. The number of nitrogens with two attached hydrogens (primary N) is 1. The van der Waals surface area contributed by atoms with Crippen molar-refractivity contribution in [1.82, 2.24) is 5.32 Å². The van der Waals surface area contributed by atoms with Gasteiger partial charge in [0.25, 0.3) is 5.91 Å². The highest BCUT2D eigenvalue weighted by atomic mass is 16.5. The van der Waals surface area contributed by atoms with E-state index in [2.05, 4.69) is 16.0 Å². The maximum absolute atomic E-state index is 12.5. The SMILES string of the molecule is COc1cc(NC(=O)C[C@@H]2[NH2+][C@@H]3CCCC[C@@H]3NC2=O)cc(OC)c1OC. The second-order valence-corrected chi connectivity index (χ2v) is 7.03. The van der Waals surface area contributed by atoms with Crippen LogP contribution in [0.15, 0.2) is 12.1 Å². The molecule has 2 amide bonds. The van der Waals surface area contributed by atoms with Crippen LogP contribution in [0.1, 0.15) is 32.1 Å². The first kappa shape index (κ1) is 19.3. The first-order chi connectivity index (χ1) is 13.0. The van der Waals surface area contributed by atoms with Gasteiger partial charge in [0.1, 0.15) is 6.04 Å². The molecule has 2 aliphatic rings. The molecule has 27 heavy (non-hydrogen) atoms. The molecule has 0 spiro atoms. The molecule has 0 radical (unpaired) electrons. The van der Waals surface area contributed by atoms with Crippen molar-refractivity contribution in [2.45, 2.75) is 50.2 Å². The number of hydrogen-bond acceptors (Lipinski definition) is 5. The van der Waals surface area contributed by atoms with Crippen LogP contribution in [-0.4, -0.2) is 51.3 Å². The molecule has 4 N–H and O–H groups in total. The number of nitrogens with one attached hydrogen (secondary N) is 2. The van der Waals surface area contributed by atoms with Gasteiger partial charge in [0.15, 0.2) is 17.5 Å². The molecule has 0 bridgehead atoms. The summed E-state index contributed by atoms with van der Waals surface area (Å²) in [5.41, 5.74) is 0.529. The number of benzene rings is 1. The Bertz CT molecular complexity index is 684. The summed E-state index contributed by atoms with van der Waals surface area (Å²) >= 11 is 0. The second-order valence-electron chi connectivity index (χ2n) is 7.03. The Morgan fingerprint density at radius 2 is 1.81 bits per heavy atom. The van der Waals surface area contributed by atoms with Gasteiger partial charge in [-0.2, -0.15) is 0 Å². The summed E-state index contributed by atoms with van der Waals surface area (Å²) in [6.07, 6.45) is 4.55. The summed E-state index contributed by atoms with van der Waals surface area (Å²) in [4.78, 5) is 24.9. The zero-order valence-electron chi connectivity index (χ0n) is 16.0.